The van der Waals surface area contributed by atoms with Crippen molar-refractivity contribution < 1.29 is 27.1 Å². The van der Waals surface area contributed by atoms with E-state index in [1.165, 1.54) is 16.4 Å². The average Bonchev–Trinajstić information content (AvgIpc) is 3.94. The topological polar surface area (TPSA) is 197 Å². The fourth-order valence-corrected chi connectivity index (χ4v) is 11.2. The highest BCUT2D eigenvalue weighted by Crippen LogP contribution is 2.30. The van der Waals surface area contributed by atoms with Crippen molar-refractivity contribution in [2.45, 2.75) is 75.5 Å². The van der Waals surface area contributed by atoms with E-state index in [0.717, 1.165) is 75.5 Å². The lowest BCUT2D eigenvalue weighted by atomic mass is 9.92. The highest BCUT2D eigenvalue weighted by molar-refractivity contribution is 7.89. The second-order valence-corrected chi connectivity index (χ2v) is 21.9. The van der Waals surface area contributed by atoms with Crippen molar-refractivity contribution in [3.8, 4) is 0 Å². The van der Waals surface area contributed by atoms with Gasteiger partial charge in [-0.15, -0.1) is 0 Å². The zero-order chi connectivity index (χ0) is 53.9. The van der Waals surface area contributed by atoms with E-state index in [2.05, 4.69) is 63.0 Å². The number of aryl methyl sites for hydroxylation is 2. The minimum atomic E-state index is -3.66. The van der Waals surface area contributed by atoms with Gasteiger partial charge in [0.15, 0.2) is 0 Å². The smallest absolute Gasteiger partial charge is 0.253 e. The van der Waals surface area contributed by atoms with Crippen LogP contribution in [0.3, 0.4) is 0 Å². The van der Waals surface area contributed by atoms with Gasteiger partial charge in [0.25, 0.3) is 5.91 Å². The van der Waals surface area contributed by atoms with E-state index in [9.17, 15) is 27.1 Å². The number of nitrogens with zero attached hydrogens (tertiary/aromatic N) is 9. The van der Waals surface area contributed by atoms with E-state index in [-0.39, 0.29) is 22.4 Å². The number of amides is 1. The molecule has 0 aliphatic carbocycles. The molecule has 77 heavy (non-hydrogen) atoms. The molecule has 10 rings (SSSR count). The van der Waals surface area contributed by atoms with Crippen LogP contribution in [0, 0.1) is 25.5 Å². The number of sulfonamides is 1. The summed E-state index contributed by atoms with van der Waals surface area (Å²) in [6.07, 6.45) is 10.1. The Bertz CT molecular complexity index is 3210. The van der Waals surface area contributed by atoms with Crippen LogP contribution in [0.4, 0.5) is 55.1 Å². The molecule has 3 aliphatic heterocycles. The number of aromatic nitrogens is 5. The number of pyridine rings is 1. The lowest BCUT2D eigenvalue weighted by molar-refractivity contribution is -0.0284. The van der Waals surface area contributed by atoms with Crippen molar-refractivity contribution in [1.82, 2.24) is 43.9 Å². The molecule has 17 nitrogen and oxygen atoms in total. The van der Waals surface area contributed by atoms with Crippen LogP contribution in [-0.2, 0) is 16.6 Å². The SMILES string of the molecule is Cc1cc(Nc2ccnc(Nc3ccc(C(=O)N4CCC(N(C)Cc5ccccn5)CC4)cc3)n2)ccc1F.Cc1cc(Nc2ccnc(Nc3ccc(S(=O)(=O)N4CCC(O)(CN5CCCC5)CC4)cc3)n2)ccc1F. The summed E-state index contributed by atoms with van der Waals surface area (Å²) in [4.78, 5) is 41.7. The standard InChI is InChI=1S/C30H32FN7O.C27H33FN6O3S/c1-21-19-24(10-11-27(21)31)34-28-12-16-33-30(36-28)35-23-8-6-22(7-9-23)29(39)38-17-13-26(14-18-38)37(2)20-25-5-3-4-15-32-25;1-20-18-22(6-9-24(20)28)30-25-10-13-29-26(32-25)31-21-4-7-23(8-5-21)38(36,37)34-16-11-27(35,12-17-34)19-33-14-2-3-15-33/h3-12,15-16,19,26H,13-14,17-18,20H2,1-2H3,(H2,33,34,35,36);4-10,13,18,35H,2-3,11-12,14-17,19H2,1H3,(H2,29,30,31,32). The fraction of sp³-hybridized carbons (Fsp3) is 0.333. The second-order valence-electron chi connectivity index (χ2n) is 19.9. The Kier molecular flexibility index (Phi) is 17.4. The Hall–Kier alpha value is -7.49. The van der Waals surface area contributed by atoms with Crippen molar-refractivity contribution in [1.29, 1.82) is 0 Å². The summed E-state index contributed by atoms with van der Waals surface area (Å²) in [6, 6.07) is 33.2. The largest absolute Gasteiger partial charge is 0.388 e. The molecule has 402 valence electrons. The van der Waals surface area contributed by atoms with Crippen LogP contribution in [0.15, 0.2) is 139 Å². The number of β-amino-alcohol motifs (C(OH)–C–C–N with tert-alkyl or cyclic N) is 1. The number of likely N-dealkylation sites (tertiary alicyclic amines) is 2. The van der Waals surface area contributed by atoms with E-state index in [0.29, 0.717) is 90.1 Å². The molecule has 1 amide bonds. The molecule has 0 atom stereocenters. The summed E-state index contributed by atoms with van der Waals surface area (Å²) in [5.41, 5.74) is 4.82. The Balaban J connectivity index is 0.000000188. The van der Waals surface area contributed by atoms with E-state index in [1.54, 1.807) is 86.9 Å². The van der Waals surface area contributed by atoms with Crippen LogP contribution >= 0.6 is 0 Å². The molecule has 0 unspecified atom stereocenters. The number of carbonyl (C=O) groups is 1. The van der Waals surface area contributed by atoms with Gasteiger partial charge in [-0.05, 0) is 193 Å². The summed E-state index contributed by atoms with van der Waals surface area (Å²) < 4.78 is 55.0. The lowest BCUT2D eigenvalue weighted by Gasteiger charge is -2.39. The molecule has 0 spiro atoms. The minimum absolute atomic E-state index is 0.0458. The number of carbonyl (C=O) groups excluding carboxylic acids is 1. The molecular weight excluding hydrogens is 1000 g/mol. The van der Waals surface area contributed by atoms with Crippen LogP contribution in [0.5, 0.6) is 0 Å². The van der Waals surface area contributed by atoms with Crippen molar-refractivity contribution >= 4 is 62.2 Å². The van der Waals surface area contributed by atoms with Gasteiger partial charge in [-0.25, -0.2) is 27.2 Å². The third kappa shape index (κ3) is 14.5. The van der Waals surface area contributed by atoms with Crippen molar-refractivity contribution in [3.63, 3.8) is 0 Å². The van der Waals surface area contributed by atoms with Gasteiger partial charge in [-0.2, -0.15) is 14.3 Å². The van der Waals surface area contributed by atoms with Crippen molar-refractivity contribution in [2.24, 2.45) is 0 Å². The molecule has 5 N–H and O–H groups in total. The van der Waals surface area contributed by atoms with Gasteiger partial charge in [0.2, 0.25) is 21.9 Å². The molecule has 6 heterocycles. The predicted octanol–water partition coefficient (Wildman–Crippen LogP) is 9.57. The molecule has 0 radical (unpaired) electrons. The van der Waals surface area contributed by atoms with Crippen LogP contribution in [0.1, 0.15) is 65.7 Å². The van der Waals surface area contributed by atoms with Gasteiger partial charge in [-0.1, -0.05) is 6.07 Å². The van der Waals surface area contributed by atoms with Crippen LogP contribution in [0.25, 0.3) is 0 Å². The number of hydrogen-bond donors (Lipinski definition) is 5. The van der Waals surface area contributed by atoms with E-state index < -0.39 is 15.6 Å². The molecular formula is C57H65F2N13O4S. The van der Waals surface area contributed by atoms with Gasteiger partial charge in [0.1, 0.15) is 23.3 Å². The molecule has 0 saturated carbocycles. The first-order chi connectivity index (χ1) is 37.1. The first-order valence-electron chi connectivity index (χ1n) is 26.0. The monoisotopic (exact) mass is 1070 g/mol. The highest BCUT2D eigenvalue weighted by atomic mass is 32.2. The minimum Gasteiger partial charge on any atom is -0.388 e. The van der Waals surface area contributed by atoms with E-state index >= 15 is 0 Å². The number of anilines is 8. The van der Waals surface area contributed by atoms with Gasteiger partial charge in [0.05, 0.1) is 16.2 Å². The van der Waals surface area contributed by atoms with Crippen LogP contribution < -0.4 is 21.3 Å². The number of aliphatic hydroxyl groups is 1. The number of hydrogen-bond acceptors (Lipinski definition) is 15. The Morgan fingerprint density at radius 2 is 1.19 bits per heavy atom. The van der Waals surface area contributed by atoms with Gasteiger partial charge >= 0.3 is 0 Å². The predicted molar refractivity (Wildman–Crippen MR) is 296 cm³/mol. The molecule has 7 aromatic rings. The maximum absolute atomic E-state index is 13.5. The Morgan fingerprint density at radius 3 is 1.71 bits per heavy atom. The second kappa shape index (κ2) is 24.7. The number of piperidine rings is 2. The number of halogens is 2. The summed E-state index contributed by atoms with van der Waals surface area (Å²) >= 11 is 0. The molecule has 3 fully saturated rings. The van der Waals surface area contributed by atoms with Gasteiger partial charge in [-0.3, -0.25) is 14.7 Å². The number of rotatable bonds is 16. The van der Waals surface area contributed by atoms with Crippen molar-refractivity contribution in [2.75, 3.05) is 74.1 Å². The van der Waals surface area contributed by atoms with Gasteiger partial charge in [0, 0.05) is 92.2 Å². The average molecular weight is 1070 g/mol. The third-order valence-corrected chi connectivity index (χ3v) is 16.1. The molecule has 4 aromatic carbocycles. The van der Waals surface area contributed by atoms with Crippen LogP contribution in [-0.4, -0.2) is 128 Å². The zero-order valence-electron chi connectivity index (χ0n) is 43.5. The Labute approximate surface area is 448 Å². The lowest BCUT2D eigenvalue weighted by Crippen LogP contribution is -2.51. The highest BCUT2D eigenvalue weighted by Gasteiger charge is 2.38. The summed E-state index contributed by atoms with van der Waals surface area (Å²) in [6.45, 7) is 8.91. The number of benzene rings is 4. The normalized spacial score (nSPS) is 16.1. The first kappa shape index (κ1) is 54.3. The molecule has 3 aromatic heterocycles. The fourth-order valence-electron chi connectivity index (χ4n) is 9.76. The maximum atomic E-state index is 13.5. The summed E-state index contributed by atoms with van der Waals surface area (Å²) in [7, 11) is -1.54. The quantitative estimate of drug-likeness (QED) is 0.0613. The molecule has 3 saturated heterocycles. The molecule has 0 bridgehead atoms. The summed E-state index contributed by atoms with van der Waals surface area (Å²) in [5, 5.41) is 23.5. The number of nitrogens with one attached hydrogen (secondary N) is 4. The molecule has 3 aliphatic rings. The van der Waals surface area contributed by atoms with E-state index in [4.69, 9.17) is 0 Å². The van der Waals surface area contributed by atoms with Gasteiger partial charge < -0.3 is 36.2 Å². The Morgan fingerprint density at radius 1 is 0.662 bits per heavy atom. The third-order valence-electron chi connectivity index (χ3n) is 14.2. The molecule has 20 heteroatoms. The zero-order valence-corrected chi connectivity index (χ0v) is 44.4. The van der Waals surface area contributed by atoms with Crippen molar-refractivity contribution in [3.05, 3.63) is 168 Å². The maximum Gasteiger partial charge on any atom is 0.253 e. The first-order valence-corrected chi connectivity index (χ1v) is 27.4. The van der Waals surface area contributed by atoms with Crippen LogP contribution in [0.2, 0.25) is 0 Å². The van der Waals surface area contributed by atoms with E-state index in [1.807, 2.05) is 53.6 Å². The summed E-state index contributed by atoms with van der Waals surface area (Å²) in [5.74, 6) is 1.38.